The number of carbonyl (C=O) groups excluding carboxylic acids is 1. The molecule has 134 valence electrons. The maximum Gasteiger partial charge on any atom is 0.253 e. The van der Waals surface area contributed by atoms with Crippen LogP contribution in [-0.4, -0.2) is 42.0 Å². The van der Waals surface area contributed by atoms with E-state index in [2.05, 4.69) is 16.0 Å². The zero-order valence-corrected chi connectivity index (χ0v) is 15.6. The zero-order chi connectivity index (χ0) is 18.3. The summed E-state index contributed by atoms with van der Waals surface area (Å²) in [5.74, 6) is -0.153. The Bertz CT molecular complexity index is 956. The van der Waals surface area contributed by atoms with Crippen molar-refractivity contribution >= 4 is 32.6 Å². The number of halogens is 1. The summed E-state index contributed by atoms with van der Waals surface area (Å²) in [6, 6.07) is 10.6. The van der Waals surface area contributed by atoms with Crippen molar-refractivity contribution < 1.29 is 9.18 Å². The van der Waals surface area contributed by atoms with Crippen molar-refractivity contribution in [1.82, 2.24) is 9.88 Å². The van der Waals surface area contributed by atoms with Crippen molar-refractivity contribution in [3.63, 3.8) is 0 Å². The van der Waals surface area contributed by atoms with Crippen LogP contribution in [0, 0.1) is 19.7 Å². The second-order valence-electron chi connectivity index (χ2n) is 6.76. The summed E-state index contributed by atoms with van der Waals surface area (Å²) in [4.78, 5) is 21.5. The van der Waals surface area contributed by atoms with Crippen molar-refractivity contribution in [2.45, 2.75) is 13.8 Å². The highest BCUT2D eigenvalue weighted by atomic mass is 32.1. The van der Waals surface area contributed by atoms with Gasteiger partial charge in [0, 0.05) is 31.7 Å². The molecular formula is C20H20FN3OS. The van der Waals surface area contributed by atoms with Gasteiger partial charge in [-0.2, -0.15) is 0 Å². The fourth-order valence-corrected chi connectivity index (χ4v) is 4.45. The summed E-state index contributed by atoms with van der Waals surface area (Å²) in [6.45, 7) is 6.82. The molecule has 0 saturated carbocycles. The molecule has 2 heterocycles. The van der Waals surface area contributed by atoms with Gasteiger partial charge in [-0.3, -0.25) is 4.79 Å². The number of benzene rings is 2. The smallest absolute Gasteiger partial charge is 0.253 e. The van der Waals surface area contributed by atoms with Crippen LogP contribution in [0.5, 0.6) is 0 Å². The van der Waals surface area contributed by atoms with Crippen molar-refractivity contribution in [2.75, 3.05) is 31.1 Å². The molecule has 4 nitrogen and oxygen atoms in total. The minimum Gasteiger partial charge on any atom is -0.345 e. The molecule has 0 bridgehead atoms. The number of thiazole rings is 1. The summed E-state index contributed by atoms with van der Waals surface area (Å²) >= 11 is 1.50. The van der Waals surface area contributed by atoms with Gasteiger partial charge in [-0.05, 0) is 44.2 Å². The Hall–Kier alpha value is -2.47. The molecule has 4 rings (SSSR count). The molecule has 1 fully saturated rings. The Morgan fingerprint density at radius 3 is 2.42 bits per heavy atom. The number of aryl methyl sites for hydroxylation is 2. The van der Waals surface area contributed by atoms with Crippen LogP contribution >= 0.6 is 11.3 Å². The lowest BCUT2D eigenvalue weighted by molar-refractivity contribution is 0.0746. The van der Waals surface area contributed by atoms with E-state index in [1.54, 1.807) is 6.07 Å². The second kappa shape index (κ2) is 6.68. The van der Waals surface area contributed by atoms with E-state index in [-0.39, 0.29) is 11.7 Å². The molecule has 1 aliphatic rings. The lowest BCUT2D eigenvalue weighted by Gasteiger charge is -2.34. The fraction of sp³-hybridized carbons (Fsp3) is 0.300. The molecule has 1 amide bonds. The highest BCUT2D eigenvalue weighted by Crippen LogP contribution is 2.30. The van der Waals surface area contributed by atoms with Gasteiger partial charge < -0.3 is 9.80 Å². The van der Waals surface area contributed by atoms with Gasteiger partial charge in [0.25, 0.3) is 5.91 Å². The zero-order valence-electron chi connectivity index (χ0n) is 14.8. The summed E-state index contributed by atoms with van der Waals surface area (Å²) in [7, 11) is 0. The fourth-order valence-electron chi connectivity index (χ4n) is 3.40. The van der Waals surface area contributed by atoms with Crippen molar-refractivity contribution in [1.29, 1.82) is 0 Å². The summed E-state index contributed by atoms with van der Waals surface area (Å²) in [6.07, 6.45) is 0. The summed E-state index contributed by atoms with van der Waals surface area (Å²) in [5.41, 5.74) is 3.79. The van der Waals surface area contributed by atoms with Crippen LogP contribution < -0.4 is 4.90 Å². The highest BCUT2D eigenvalue weighted by molar-refractivity contribution is 7.22. The predicted molar refractivity (Wildman–Crippen MR) is 104 cm³/mol. The third-order valence-electron chi connectivity index (χ3n) is 4.65. The highest BCUT2D eigenvalue weighted by Gasteiger charge is 2.24. The first-order valence-corrected chi connectivity index (χ1v) is 9.50. The molecule has 0 unspecified atom stereocenters. The number of hydrogen-bond acceptors (Lipinski definition) is 4. The first-order valence-electron chi connectivity index (χ1n) is 8.68. The Morgan fingerprint density at radius 1 is 1.04 bits per heavy atom. The van der Waals surface area contributed by atoms with Gasteiger partial charge in [0.05, 0.1) is 10.2 Å². The minimum absolute atomic E-state index is 0.0859. The Balaban J connectivity index is 1.47. The molecular weight excluding hydrogens is 349 g/mol. The minimum atomic E-state index is -0.239. The van der Waals surface area contributed by atoms with Crippen LogP contribution in [0.15, 0.2) is 36.4 Å². The van der Waals surface area contributed by atoms with E-state index in [9.17, 15) is 9.18 Å². The van der Waals surface area contributed by atoms with Gasteiger partial charge in [0.2, 0.25) is 0 Å². The molecule has 1 aliphatic heterocycles. The van der Waals surface area contributed by atoms with Gasteiger partial charge in [0.15, 0.2) is 5.13 Å². The number of piperazine rings is 1. The van der Waals surface area contributed by atoms with Crippen LogP contribution in [0.4, 0.5) is 9.52 Å². The van der Waals surface area contributed by atoms with E-state index in [0.29, 0.717) is 13.1 Å². The first kappa shape index (κ1) is 17.0. The van der Waals surface area contributed by atoms with Crippen LogP contribution in [0.2, 0.25) is 0 Å². The molecule has 6 heteroatoms. The van der Waals surface area contributed by atoms with Gasteiger partial charge in [0.1, 0.15) is 5.82 Å². The third-order valence-corrected chi connectivity index (χ3v) is 5.72. The molecule has 0 atom stereocenters. The number of hydrogen-bond donors (Lipinski definition) is 0. The molecule has 0 aliphatic carbocycles. The molecule has 3 aromatic rings. The monoisotopic (exact) mass is 369 g/mol. The first-order chi connectivity index (χ1) is 12.5. The number of rotatable bonds is 2. The van der Waals surface area contributed by atoms with Crippen molar-refractivity contribution in [3.05, 3.63) is 58.9 Å². The summed E-state index contributed by atoms with van der Waals surface area (Å²) < 4.78 is 14.2. The van der Waals surface area contributed by atoms with Gasteiger partial charge in [-0.1, -0.05) is 28.5 Å². The second-order valence-corrected chi connectivity index (χ2v) is 7.77. The maximum atomic E-state index is 13.4. The Kier molecular flexibility index (Phi) is 4.36. The molecule has 1 saturated heterocycles. The van der Waals surface area contributed by atoms with Gasteiger partial charge >= 0.3 is 0 Å². The average Bonchev–Trinajstić information content (AvgIpc) is 3.03. The predicted octanol–water partition coefficient (Wildman–Crippen LogP) is 4.01. The molecule has 26 heavy (non-hydrogen) atoms. The van der Waals surface area contributed by atoms with E-state index in [4.69, 9.17) is 0 Å². The molecule has 2 aromatic carbocycles. The van der Waals surface area contributed by atoms with Crippen LogP contribution in [0.3, 0.4) is 0 Å². The largest absolute Gasteiger partial charge is 0.345 e. The maximum absolute atomic E-state index is 13.4. The SMILES string of the molecule is Cc1cc(C)cc(C(=O)N2CCN(c3nc4ccc(F)cc4s3)CC2)c1. The number of carbonyl (C=O) groups is 1. The Morgan fingerprint density at radius 2 is 1.73 bits per heavy atom. The number of fused-ring (bicyclic) bond motifs is 1. The van der Waals surface area contributed by atoms with Crippen LogP contribution in [0.1, 0.15) is 21.5 Å². The lowest BCUT2D eigenvalue weighted by Crippen LogP contribution is -2.48. The topological polar surface area (TPSA) is 36.4 Å². The standard InChI is InChI=1S/C20H20FN3OS/c1-13-9-14(2)11-15(10-13)19(25)23-5-7-24(8-6-23)20-22-17-4-3-16(21)12-18(17)26-20/h3-4,9-12H,5-8H2,1-2H3. The quantitative estimate of drug-likeness (QED) is 0.685. The lowest BCUT2D eigenvalue weighted by atomic mass is 10.1. The van der Waals surface area contributed by atoms with Crippen molar-refractivity contribution in [2.24, 2.45) is 0 Å². The van der Waals surface area contributed by atoms with Gasteiger partial charge in [-0.15, -0.1) is 0 Å². The Labute approximate surface area is 155 Å². The average molecular weight is 369 g/mol. The number of amides is 1. The number of aromatic nitrogens is 1. The van der Waals surface area contributed by atoms with E-state index >= 15 is 0 Å². The molecule has 0 N–H and O–H groups in total. The van der Waals surface area contributed by atoms with Crippen LogP contribution in [0.25, 0.3) is 10.2 Å². The molecule has 1 aromatic heterocycles. The number of anilines is 1. The third kappa shape index (κ3) is 3.29. The number of nitrogens with zero attached hydrogens (tertiary/aromatic N) is 3. The van der Waals surface area contributed by atoms with Crippen LogP contribution in [-0.2, 0) is 0 Å². The summed E-state index contributed by atoms with van der Waals surface area (Å²) in [5, 5.41) is 0.893. The van der Waals surface area contributed by atoms with E-state index < -0.39 is 0 Å². The van der Waals surface area contributed by atoms with Gasteiger partial charge in [-0.25, -0.2) is 9.37 Å². The molecule has 0 radical (unpaired) electrons. The van der Waals surface area contributed by atoms with E-state index in [0.717, 1.165) is 45.1 Å². The van der Waals surface area contributed by atoms with E-state index in [1.165, 1.54) is 23.5 Å². The van der Waals surface area contributed by atoms with E-state index in [1.807, 2.05) is 30.9 Å². The van der Waals surface area contributed by atoms with Crippen molar-refractivity contribution in [3.8, 4) is 0 Å². The molecule has 0 spiro atoms. The normalized spacial score (nSPS) is 14.9.